The molecule has 0 saturated heterocycles. The van der Waals surface area contributed by atoms with Gasteiger partial charge in [-0.05, 0) is 16.7 Å². The lowest BCUT2D eigenvalue weighted by Crippen LogP contribution is -2.04. The van der Waals surface area contributed by atoms with E-state index in [0.717, 1.165) is 28.2 Å². The Balaban J connectivity index is 1.75. The molecule has 1 aromatic heterocycles. The Labute approximate surface area is 143 Å². The largest absolute Gasteiger partial charge is 0.236 e. The molecule has 0 aliphatic carbocycles. The summed E-state index contributed by atoms with van der Waals surface area (Å²) >= 11 is 2.24. The first-order valence-electron chi connectivity index (χ1n) is 7.09. The van der Waals surface area contributed by atoms with Crippen molar-refractivity contribution in [1.82, 2.24) is 14.8 Å². The maximum Gasteiger partial charge on any atom is 0.189 e. The molecule has 1 heterocycles. The van der Waals surface area contributed by atoms with E-state index in [1.807, 2.05) is 29.0 Å². The lowest BCUT2D eigenvalue weighted by Gasteiger charge is -2.03. The van der Waals surface area contributed by atoms with Gasteiger partial charge in [0.05, 0.1) is 6.54 Å². The molecule has 0 fully saturated rings. The molecule has 110 valence electrons. The van der Waals surface area contributed by atoms with Gasteiger partial charge in [0.1, 0.15) is 0 Å². The smallest absolute Gasteiger partial charge is 0.189 e. The minimum absolute atomic E-state index is 0.734. The Kier molecular flexibility index (Phi) is 4.68. The monoisotopic (exact) mass is 401 g/mol. The van der Waals surface area contributed by atoms with E-state index in [1.54, 1.807) is 0 Å². The highest BCUT2D eigenvalue weighted by molar-refractivity contribution is 14.1. The molecule has 3 nitrogen and oxygen atoms in total. The molecule has 0 atom stereocenters. The zero-order valence-corrected chi connectivity index (χ0v) is 14.3. The van der Waals surface area contributed by atoms with Gasteiger partial charge in [-0.3, -0.25) is 0 Å². The number of rotatable bonds is 5. The molecule has 2 aromatic carbocycles. The van der Waals surface area contributed by atoms with Crippen LogP contribution in [-0.4, -0.2) is 14.8 Å². The lowest BCUT2D eigenvalue weighted by molar-refractivity contribution is 0.658. The Hall–Kier alpha value is -1.95. The Morgan fingerprint density at radius 1 is 1.00 bits per heavy atom. The van der Waals surface area contributed by atoms with Gasteiger partial charge in [-0.25, -0.2) is 9.67 Å². The minimum Gasteiger partial charge on any atom is -0.236 e. The van der Waals surface area contributed by atoms with Crippen molar-refractivity contribution in [2.24, 2.45) is 0 Å². The van der Waals surface area contributed by atoms with Crippen molar-refractivity contribution >= 4 is 28.7 Å². The summed E-state index contributed by atoms with van der Waals surface area (Å²) in [5, 5.41) is 4.62. The van der Waals surface area contributed by atoms with Crippen LogP contribution in [-0.2, 0) is 13.0 Å². The van der Waals surface area contributed by atoms with E-state index in [1.165, 1.54) is 11.1 Å². The second-order valence-electron chi connectivity index (χ2n) is 5.06. The van der Waals surface area contributed by atoms with Gasteiger partial charge in [0.25, 0.3) is 0 Å². The van der Waals surface area contributed by atoms with Gasteiger partial charge in [-0.1, -0.05) is 67.3 Å². The Morgan fingerprint density at radius 3 is 2.41 bits per heavy atom. The minimum atomic E-state index is 0.734. The highest BCUT2D eigenvalue weighted by Crippen LogP contribution is 2.12. The number of aromatic nitrogens is 3. The third-order valence-corrected chi connectivity index (χ3v) is 4.22. The van der Waals surface area contributed by atoms with Gasteiger partial charge < -0.3 is 0 Å². The van der Waals surface area contributed by atoms with E-state index in [2.05, 4.69) is 75.7 Å². The highest BCUT2D eigenvalue weighted by Gasteiger charge is 2.08. The van der Waals surface area contributed by atoms with Crippen molar-refractivity contribution in [3.05, 3.63) is 87.5 Å². The summed E-state index contributed by atoms with van der Waals surface area (Å²) in [6, 6.07) is 18.6. The second-order valence-corrected chi connectivity index (χ2v) is 6.03. The molecular weight excluding hydrogens is 385 g/mol. The molecule has 0 aliphatic heterocycles. The van der Waals surface area contributed by atoms with Crippen LogP contribution in [0.4, 0.5) is 0 Å². The van der Waals surface area contributed by atoms with Crippen molar-refractivity contribution in [2.45, 2.75) is 13.0 Å². The first-order chi connectivity index (χ1) is 10.7. The average molecular weight is 401 g/mol. The van der Waals surface area contributed by atoms with Crippen LogP contribution in [0.25, 0.3) is 6.08 Å². The van der Waals surface area contributed by atoms with Gasteiger partial charge in [-0.2, -0.15) is 5.10 Å². The molecular formula is C18H16IN3. The molecule has 0 radical (unpaired) electrons. The summed E-state index contributed by atoms with van der Waals surface area (Å²) in [5.74, 6) is 0.860. The van der Waals surface area contributed by atoms with E-state index in [9.17, 15) is 0 Å². The normalized spacial score (nSPS) is 10.6. The summed E-state index contributed by atoms with van der Waals surface area (Å²) in [7, 11) is 0. The molecule has 0 saturated carbocycles. The van der Waals surface area contributed by atoms with Crippen molar-refractivity contribution < 1.29 is 0 Å². The van der Waals surface area contributed by atoms with Crippen LogP contribution >= 0.6 is 22.6 Å². The summed E-state index contributed by atoms with van der Waals surface area (Å²) < 4.78 is 2.86. The zero-order valence-electron chi connectivity index (χ0n) is 12.1. The molecule has 3 rings (SSSR count). The summed E-state index contributed by atoms with van der Waals surface area (Å²) in [6.07, 6.45) is 2.61. The predicted molar refractivity (Wildman–Crippen MR) is 97.6 cm³/mol. The number of nitrogens with zero attached hydrogens (tertiary/aromatic N) is 3. The molecule has 4 heteroatoms. The van der Waals surface area contributed by atoms with Crippen LogP contribution in [0.3, 0.4) is 0 Å². The van der Waals surface area contributed by atoms with Gasteiger partial charge >= 0.3 is 0 Å². The predicted octanol–water partition coefficient (Wildman–Crippen LogP) is 4.16. The van der Waals surface area contributed by atoms with E-state index >= 15 is 0 Å². The first kappa shape index (κ1) is 15.0. The fourth-order valence-corrected chi connectivity index (χ4v) is 2.81. The van der Waals surface area contributed by atoms with Crippen LogP contribution in [0, 0.1) is 3.83 Å². The van der Waals surface area contributed by atoms with Crippen LogP contribution < -0.4 is 0 Å². The van der Waals surface area contributed by atoms with E-state index in [4.69, 9.17) is 0 Å². The van der Waals surface area contributed by atoms with E-state index < -0.39 is 0 Å². The quantitative estimate of drug-likeness (QED) is 0.601. The Bertz CT molecular complexity index is 761. The molecule has 0 bridgehead atoms. The summed E-state index contributed by atoms with van der Waals surface area (Å²) in [4.78, 5) is 4.56. The van der Waals surface area contributed by atoms with Crippen LogP contribution in [0.15, 0.2) is 61.2 Å². The van der Waals surface area contributed by atoms with Gasteiger partial charge in [0.15, 0.2) is 9.66 Å². The van der Waals surface area contributed by atoms with Gasteiger partial charge in [0, 0.05) is 29.0 Å². The van der Waals surface area contributed by atoms with E-state index in [0.29, 0.717) is 0 Å². The molecule has 22 heavy (non-hydrogen) atoms. The average Bonchev–Trinajstić information content (AvgIpc) is 2.88. The topological polar surface area (TPSA) is 30.7 Å². The second kappa shape index (κ2) is 6.87. The zero-order chi connectivity index (χ0) is 15.4. The first-order valence-corrected chi connectivity index (χ1v) is 8.17. The number of hydrogen-bond donors (Lipinski definition) is 0. The fourth-order valence-electron chi connectivity index (χ4n) is 2.25. The summed E-state index contributed by atoms with van der Waals surface area (Å²) in [5.41, 5.74) is 3.56. The molecule has 0 amide bonds. The number of benzene rings is 2. The lowest BCUT2D eigenvalue weighted by atomic mass is 10.1. The summed E-state index contributed by atoms with van der Waals surface area (Å²) in [6.45, 7) is 4.51. The molecule has 0 unspecified atom stereocenters. The highest BCUT2D eigenvalue weighted by atomic mass is 127. The van der Waals surface area contributed by atoms with Crippen LogP contribution in [0.2, 0.25) is 0 Å². The molecule has 3 aromatic rings. The maximum atomic E-state index is 4.62. The van der Waals surface area contributed by atoms with Gasteiger partial charge in [0.2, 0.25) is 0 Å². The van der Waals surface area contributed by atoms with Crippen LogP contribution in [0.1, 0.15) is 22.5 Å². The van der Waals surface area contributed by atoms with Crippen LogP contribution in [0.5, 0.6) is 0 Å². The van der Waals surface area contributed by atoms with E-state index in [-0.39, 0.29) is 0 Å². The number of hydrogen-bond acceptors (Lipinski definition) is 2. The fraction of sp³-hybridized carbons (Fsp3) is 0.111. The Morgan fingerprint density at radius 2 is 1.73 bits per heavy atom. The van der Waals surface area contributed by atoms with Crippen molar-refractivity contribution in [1.29, 1.82) is 0 Å². The molecule has 0 spiro atoms. The third-order valence-electron chi connectivity index (χ3n) is 3.42. The van der Waals surface area contributed by atoms with Crippen molar-refractivity contribution in [3.8, 4) is 0 Å². The molecule has 0 N–H and O–H groups in total. The SMILES string of the molecule is C=Cc1ccc(Cn2nc(Cc3ccccc3)nc2I)cc1. The van der Waals surface area contributed by atoms with Crippen molar-refractivity contribution in [3.63, 3.8) is 0 Å². The third kappa shape index (κ3) is 3.62. The standard InChI is InChI=1S/C18H16IN3/c1-2-14-8-10-16(11-9-14)13-22-18(19)20-17(21-22)12-15-6-4-3-5-7-15/h2-11H,1,12-13H2. The maximum absolute atomic E-state index is 4.62. The molecule has 0 aliphatic rings. The number of halogens is 1. The van der Waals surface area contributed by atoms with Gasteiger partial charge in [-0.15, -0.1) is 0 Å². The van der Waals surface area contributed by atoms with Crippen molar-refractivity contribution in [2.75, 3.05) is 0 Å².